The first-order valence-corrected chi connectivity index (χ1v) is 7.08. The van der Waals surface area contributed by atoms with E-state index >= 15 is 0 Å². The second-order valence-corrected chi connectivity index (χ2v) is 5.40. The Morgan fingerprint density at radius 1 is 1.39 bits per heavy atom. The van der Waals surface area contributed by atoms with Crippen molar-refractivity contribution >= 4 is 22.9 Å². The molecule has 2 nitrogen and oxygen atoms in total. The number of hydrogen-bond donors (Lipinski definition) is 1. The van der Waals surface area contributed by atoms with Crippen molar-refractivity contribution in [3.63, 3.8) is 0 Å². The van der Waals surface area contributed by atoms with Crippen molar-refractivity contribution in [2.75, 3.05) is 0 Å². The van der Waals surface area contributed by atoms with Crippen LogP contribution < -0.4 is 4.74 Å². The first-order valence-electron chi connectivity index (χ1n) is 5.76. The smallest absolute Gasteiger partial charge is 0.122 e. The van der Waals surface area contributed by atoms with E-state index in [2.05, 4.69) is 0 Å². The maximum Gasteiger partial charge on any atom is 0.122 e. The lowest BCUT2D eigenvalue weighted by molar-refractivity contribution is 0.0479. The lowest BCUT2D eigenvalue weighted by Gasteiger charge is -2.20. The molecular formula is C14H15ClO2S. The highest BCUT2D eigenvalue weighted by Gasteiger charge is 2.16. The van der Waals surface area contributed by atoms with E-state index in [0.717, 1.165) is 5.56 Å². The second-order valence-electron chi connectivity index (χ2n) is 4.18. The van der Waals surface area contributed by atoms with Crippen LogP contribution in [-0.2, 0) is 6.42 Å². The molecule has 2 atom stereocenters. The molecule has 4 heteroatoms. The van der Waals surface area contributed by atoms with Crippen LogP contribution in [0, 0.1) is 0 Å². The van der Waals surface area contributed by atoms with Gasteiger partial charge in [0.15, 0.2) is 0 Å². The topological polar surface area (TPSA) is 29.5 Å². The zero-order valence-corrected chi connectivity index (χ0v) is 11.6. The summed E-state index contributed by atoms with van der Waals surface area (Å²) in [6.07, 6.45) is -0.201. The van der Waals surface area contributed by atoms with Gasteiger partial charge in [-0.1, -0.05) is 17.7 Å². The van der Waals surface area contributed by atoms with Crippen LogP contribution in [0.4, 0.5) is 0 Å². The average Bonchev–Trinajstić information content (AvgIpc) is 2.81. The van der Waals surface area contributed by atoms with Gasteiger partial charge in [0.25, 0.3) is 0 Å². The predicted octanol–water partition coefficient (Wildman–Crippen LogP) is 3.77. The minimum Gasteiger partial charge on any atom is -0.488 e. The van der Waals surface area contributed by atoms with Gasteiger partial charge in [-0.15, -0.1) is 0 Å². The summed E-state index contributed by atoms with van der Waals surface area (Å²) in [5.74, 6) is 0.680. The molecule has 0 bridgehead atoms. The van der Waals surface area contributed by atoms with Gasteiger partial charge in [0, 0.05) is 11.4 Å². The molecule has 0 fully saturated rings. The molecule has 0 amide bonds. The third-order valence-electron chi connectivity index (χ3n) is 2.68. The van der Waals surface area contributed by atoms with Crippen LogP contribution in [0.3, 0.4) is 0 Å². The molecule has 1 N–H and O–H groups in total. The van der Waals surface area contributed by atoms with Crippen molar-refractivity contribution < 1.29 is 9.84 Å². The monoisotopic (exact) mass is 282 g/mol. The zero-order valence-electron chi connectivity index (χ0n) is 10.0. The van der Waals surface area contributed by atoms with Crippen molar-refractivity contribution in [1.29, 1.82) is 0 Å². The van der Waals surface area contributed by atoms with Gasteiger partial charge in [0.1, 0.15) is 11.9 Å². The Kier molecular flexibility index (Phi) is 4.64. The van der Waals surface area contributed by atoms with Crippen LogP contribution in [0.25, 0.3) is 0 Å². The molecule has 18 heavy (non-hydrogen) atoms. The van der Waals surface area contributed by atoms with Crippen molar-refractivity contribution in [1.82, 2.24) is 0 Å². The molecule has 1 heterocycles. The van der Waals surface area contributed by atoms with Crippen LogP contribution in [-0.4, -0.2) is 17.3 Å². The molecule has 0 radical (unpaired) electrons. The van der Waals surface area contributed by atoms with Crippen molar-refractivity contribution in [2.24, 2.45) is 0 Å². The molecule has 0 aliphatic rings. The van der Waals surface area contributed by atoms with E-state index in [9.17, 15) is 5.11 Å². The van der Waals surface area contributed by atoms with Crippen molar-refractivity contribution in [3.8, 4) is 5.75 Å². The van der Waals surface area contributed by atoms with Crippen molar-refractivity contribution in [3.05, 3.63) is 51.7 Å². The van der Waals surface area contributed by atoms with Gasteiger partial charge < -0.3 is 9.84 Å². The van der Waals surface area contributed by atoms with Crippen molar-refractivity contribution in [2.45, 2.75) is 25.6 Å². The first-order chi connectivity index (χ1) is 8.65. The number of ether oxygens (including phenoxy) is 1. The molecule has 1 aromatic carbocycles. The Morgan fingerprint density at radius 2 is 2.22 bits per heavy atom. The first kappa shape index (κ1) is 13.4. The molecule has 0 saturated carbocycles. The van der Waals surface area contributed by atoms with E-state index in [1.807, 2.05) is 35.9 Å². The average molecular weight is 283 g/mol. The summed E-state index contributed by atoms with van der Waals surface area (Å²) >= 11 is 7.51. The Hall–Kier alpha value is -1.03. The Labute approximate surface area is 116 Å². The van der Waals surface area contributed by atoms with Crippen LogP contribution in [0.15, 0.2) is 41.1 Å². The van der Waals surface area contributed by atoms with E-state index < -0.39 is 6.10 Å². The lowest BCUT2D eigenvalue weighted by Crippen LogP contribution is -2.30. The fourth-order valence-corrected chi connectivity index (χ4v) is 2.51. The van der Waals surface area contributed by atoms with Gasteiger partial charge in [-0.25, -0.2) is 0 Å². The van der Waals surface area contributed by atoms with Gasteiger partial charge in [-0.2, -0.15) is 11.3 Å². The number of aliphatic hydroxyl groups is 1. The maximum atomic E-state index is 10.1. The summed E-state index contributed by atoms with van der Waals surface area (Å²) < 4.78 is 5.67. The number of thiophene rings is 1. The number of halogens is 1. The minimum absolute atomic E-state index is 0.275. The van der Waals surface area contributed by atoms with E-state index in [1.165, 1.54) is 0 Å². The maximum absolute atomic E-state index is 10.1. The van der Waals surface area contributed by atoms with Gasteiger partial charge >= 0.3 is 0 Å². The largest absolute Gasteiger partial charge is 0.488 e. The molecule has 96 valence electrons. The Bertz CT molecular complexity index is 484. The molecule has 0 aliphatic carbocycles. The third-order valence-corrected chi connectivity index (χ3v) is 3.65. The molecule has 2 unspecified atom stereocenters. The Balaban J connectivity index is 1.93. The minimum atomic E-state index is -0.529. The van der Waals surface area contributed by atoms with Gasteiger partial charge in [-0.05, 0) is 47.5 Å². The lowest BCUT2D eigenvalue weighted by atomic mass is 10.1. The van der Waals surface area contributed by atoms with Gasteiger partial charge in [0.2, 0.25) is 0 Å². The molecule has 1 aromatic heterocycles. The zero-order chi connectivity index (χ0) is 13.0. The van der Waals surface area contributed by atoms with Gasteiger partial charge in [-0.3, -0.25) is 0 Å². The number of aliphatic hydroxyl groups excluding tert-OH is 1. The quantitative estimate of drug-likeness (QED) is 0.904. The molecule has 0 saturated heterocycles. The normalized spacial score (nSPS) is 14.2. The van der Waals surface area contributed by atoms with E-state index in [0.29, 0.717) is 17.2 Å². The van der Waals surface area contributed by atoms with Crippen LogP contribution >= 0.6 is 22.9 Å². The van der Waals surface area contributed by atoms with E-state index in [-0.39, 0.29) is 6.10 Å². The second kappa shape index (κ2) is 6.23. The molecule has 0 spiro atoms. The number of benzene rings is 1. The van der Waals surface area contributed by atoms with Crippen LogP contribution in [0.2, 0.25) is 5.02 Å². The van der Waals surface area contributed by atoms with E-state index in [1.54, 1.807) is 23.5 Å². The summed E-state index contributed by atoms with van der Waals surface area (Å²) in [5.41, 5.74) is 1.13. The van der Waals surface area contributed by atoms with Gasteiger partial charge in [0.05, 0.1) is 6.10 Å². The highest BCUT2D eigenvalue weighted by molar-refractivity contribution is 7.07. The molecule has 2 rings (SSSR count). The Morgan fingerprint density at radius 3 is 2.89 bits per heavy atom. The third kappa shape index (κ3) is 3.73. The SMILES string of the molecule is CC(Oc1cccc(Cl)c1)C(O)Cc1ccsc1. The highest BCUT2D eigenvalue weighted by atomic mass is 35.5. The molecular weight excluding hydrogens is 268 g/mol. The summed E-state index contributed by atoms with van der Waals surface area (Å²) in [5, 5.41) is 14.7. The predicted molar refractivity (Wildman–Crippen MR) is 75.6 cm³/mol. The molecule has 0 aliphatic heterocycles. The standard InChI is InChI=1S/C14H15ClO2S/c1-10(14(16)7-11-5-6-18-9-11)17-13-4-2-3-12(15)8-13/h2-6,8-10,14,16H,7H2,1H3. The summed E-state index contributed by atoms with van der Waals surface area (Å²) in [6.45, 7) is 1.86. The fourth-order valence-electron chi connectivity index (χ4n) is 1.65. The summed E-state index contributed by atoms with van der Waals surface area (Å²) in [6, 6.07) is 9.21. The van der Waals surface area contributed by atoms with Crippen LogP contribution in [0.1, 0.15) is 12.5 Å². The number of rotatable bonds is 5. The molecule has 2 aromatic rings. The summed E-state index contributed by atoms with van der Waals surface area (Å²) in [7, 11) is 0. The highest BCUT2D eigenvalue weighted by Crippen LogP contribution is 2.20. The fraction of sp³-hybridized carbons (Fsp3) is 0.286. The van der Waals surface area contributed by atoms with Crippen LogP contribution in [0.5, 0.6) is 5.75 Å². The number of hydrogen-bond acceptors (Lipinski definition) is 3. The van der Waals surface area contributed by atoms with E-state index in [4.69, 9.17) is 16.3 Å². The summed E-state index contributed by atoms with van der Waals surface area (Å²) in [4.78, 5) is 0.